The van der Waals surface area contributed by atoms with E-state index >= 15 is 0 Å². The normalized spacial score (nSPS) is 10.6. The van der Waals surface area contributed by atoms with E-state index in [1.54, 1.807) is 72.8 Å². The number of nitrogens with zero attached hydrogens (tertiary/aromatic N) is 1. The van der Waals surface area contributed by atoms with Gasteiger partial charge in [-0.2, -0.15) is 5.10 Å². The van der Waals surface area contributed by atoms with Crippen LogP contribution in [0.5, 0.6) is 11.5 Å². The Morgan fingerprint density at radius 1 is 0.889 bits per heavy atom. The molecule has 0 radical (unpaired) electrons. The average Bonchev–Trinajstić information content (AvgIpc) is 2.89. The van der Waals surface area contributed by atoms with Crippen LogP contribution in [0, 0.1) is 0 Å². The molecular weight excluding hydrogens is 482 g/mol. The van der Waals surface area contributed by atoms with Crippen molar-refractivity contribution >= 4 is 35.6 Å². The fourth-order valence-corrected chi connectivity index (χ4v) is 3.02. The Hall–Kier alpha value is -4.17. The van der Waals surface area contributed by atoms with Crippen LogP contribution < -0.4 is 20.2 Å². The third-order valence-electron chi connectivity index (χ3n) is 4.87. The SMILES string of the molecule is CCCCOc1ccc(C(=O)Oc2ccc(/C=N\NC(=O)CNC(=O)c3ccc(Cl)cc3)cc2)cc1. The maximum absolute atomic E-state index is 12.4. The lowest BCUT2D eigenvalue weighted by atomic mass is 10.2. The summed E-state index contributed by atoms with van der Waals surface area (Å²) in [6, 6.07) is 19.7. The van der Waals surface area contributed by atoms with Gasteiger partial charge in [0.25, 0.3) is 11.8 Å². The summed E-state index contributed by atoms with van der Waals surface area (Å²) >= 11 is 5.79. The van der Waals surface area contributed by atoms with Gasteiger partial charge in [0.1, 0.15) is 11.5 Å². The lowest BCUT2D eigenvalue weighted by Gasteiger charge is -2.07. The fourth-order valence-electron chi connectivity index (χ4n) is 2.89. The van der Waals surface area contributed by atoms with Crippen LogP contribution in [0.2, 0.25) is 5.02 Å². The predicted molar refractivity (Wildman–Crippen MR) is 138 cm³/mol. The van der Waals surface area contributed by atoms with Gasteiger partial charge in [0.05, 0.1) is 24.9 Å². The summed E-state index contributed by atoms with van der Waals surface area (Å²) in [5.41, 5.74) is 3.81. The first-order chi connectivity index (χ1) is 17.4. The monoisotopic (exact) mass is 507 g/mol. The van der Waals surface area contributed by atoms with Crippen molar-refractivity contribution in [1.82, 2.24) is 10.7 Å². The number of benzene rings is 3. The minimum atomic E-state index is -0.485. The third kappa shape index (κ3) is 8.56. The molecule has 0 aromatic heterocycles. The Morgan fingerprint density at radius 2 is 1.53 bits per heavy atom. The van der Waals surface area contributed by atoms with Gasteiger partial charge < -0.3 is 14.8 Å². The van der Waals surface area contributed by atoms with Crippen molar-refractivity contribution in [1.29, 1.82) is 0 Å². The van der Waals surface area contributed by atoms with E-state index in [0.717, 1.165) is 12.8 Å². The number of rotatable bonds is 11. The Morgan fingerprint density at radius 3 is 2.19 bits per heavy atom. The molecule has 0 heterocycles. The average molecular weight is 508 g/mol. The first-order valence-corrected chi connectivity index (χ1v) is 11.7. The molecule has 0 saturated carbocycles. The fraction of sp³-hybridized carbons (Fsp3) is 0.185. The second-order valence-electron chi connectivity index (χ2n) is 7.67. The number of halogens is 1. The number of amides is 2. The van der Waals surface area contributed by atoms with E-state index in [-0.39, 0.29) is 6.54 Å². The molecule has 0 aliphatic rings. The molecule has 0 saturated heterocycles. The lowest BCUT2D eigenvalue weighted by molar-refractivity contribution is -0.120. The van der Waals surface area contributed by atoms with Gasteiger partial charge in [-0.25, -0.2) is 10.2 Å². The molecule has 0 spiro atoms. The van der Waals surface area contributed by atoms with Crippen molar-refractivity contribution in [3.8, 4) is 11.5 Å². The molecule has 2 amide bonds. The lowest BCUT2D eigenvalue weighted by Crippen LogP contribution is -2.34. The summed E-state index contributed by atoms with van der Waals surface area (Å²) < 4.78 is 11.0. The predicted octanol–water partition coefficient (Wildman–Crippen LogP) is 4.62. The molecule has 0 atom stereocenters. The summed E-state index contributed by atoms with van der Waals surface area (Å²) in [5, 5.41) is 6.88. The maximum atomic E-state index is 12.4. The van der Waals surface area contributed by atoms with Crippen LogP contribution in [-0.4, -0.2) is 37.1 Å². The highest BCUT2D eigenvalue weighted by Gasteiger charge is 2.09. The van der Waals surface area contributed by atoms with Gasteiger partial charge in [0, 0.05) is 10.6 Å². The number of nitrogens with one attached hydrogen (secondary N) is 2. The van der Waals surface area contributed by atoms with E-state index in [0.29, 0.717) is 39.8 Å². The summed E-state index contributed by atoms with van der Waals surface area (Å²) in [4.78, 5) is 36.3. The zero-order valence-corrected chi connectivity index (χ0v) is 20.5. The second-order valence-corrected chi connectivity index (χ2v) is 8.10. The molecule has 8 nitrogen and oxygen atoms in total. The van der Waals surface area contributed by atoms with Crippen LogP contribution in [-0.2, 0) is 4.79 Å². The summed E-state index contributed by atoms with van der Waals surface area (Å²) in [5.74, 6) is -0.286. The van der Waals surface area contributed by atoms with Gasteiger partial charge in [0.15, 0.2) is 0 Å². The Bertz CT molecular complexity index is 1190. The Labute approximate surface area is 214 Å². The van der Waals surface area contributed by atoms with Crippen molar-refractivity contribution in [2.75, 3.05) is 13.2 Å². The quantitative estimate of drug-likeness (QED) is 0.129. The first-order valence-electron chi connectivity index (χ1n) is 11.4. The molecular formula is C27H26ClN3O5. The van der Waals surface area contributed by atoms with E-state index in [4.69, 9.17) is 21.1 Å². The molecule has 0 aliphatic heterocycles. The van der Waals surface area contributed by atoms with Gasteiger partial charge in [-0.15, -0.1) is 0 Å². The largest absolute Gasteiger partial charge is 0.494 e. The molecule has 9 heteroatoms. The van der Waals surface area contributed by atoms with Crippen molar-refractivity contribution < 1.29 is 23.9 Å². The molecule has 3 aromatic carbocycles. The molecule has 3 aromatic rings. The molecule has 36 heavy (non-hydrogen) atoms. The zero-order chi connectivity index (χ0) is 25.8. The summed E-state index contributed by atoms with van der Waals surface area (Å²) in [7, 11) is 0. The van der Waals surface area contributed by atoms with Crippen molar-refractivity contribution in [3.05, 3.63) is 94.5 Å². The molecule has 2 N–H and O–H groups in total. The smallest absolute Gasteiger partial charge is 0.343 e. The number of carbonyl (C=O) groups excluding carboxylic acids is 3. The van der Waals surface area contributed by atoms with Crippen LogP contribution >= 0.6 is 11.6 Å². The minimum Gasteiger partial charge on any atom is -0.494 e. The summed E-state index contributed by atoms with van der Waals surface area (Å²) in [6.07, 6.45) is 3.46. The molecule has 0 fully saturated rings. The third-order valence-corrected chi connectivity index (χ3v) is 5.12. The molecule has 3 rings (SSSR count). The standard InChI is InChI=1S/C27H26ClN3O5/c1-2-3-16-35-23-14-8-21(9-15-23)27(34)36-24-12-4-19(5-13-24)17-30-31-25(32)18-29-26(33)20-6-10-22(28)11-7-20/h4-15,17H,2-3,16,18H2,1H3,(H,29,33)(H,31,32)/b30-17-. The maximum Gasteiger partial charge on any atom is 0.343 e. The van der Waals surface area contributed by atoms with E-state index in [1.165, 1.54) is 6.21 Å². The van der Waals surface area contributed by atoms with Crippen LogP contribution in [0.4, 0.5) is 0 Å². The Balaban J connectivity index is 1.42. The second kappa shape index (κ2) is 13.7. The van der Waals surface area contributed by atoms with Crippen molar-refractivity contribution in [2.45, 2.75) is 19.8 Å². The van der Waals surface area contributed by atoms with Crippen molar-refractivity contribution in [2.24, 2.45) is 5.10 Å². The minimum absolute atomic E-state index is 0.237. The van der Waals surface area contributed by atoms with Gasteiger partial charge in [-0.3, -0.25) is 9.59 Å². The topological polar surface area (TPSA) is 106 Å². The van der Waals surface area contributed by atoms with E-state index in [1.807, 2.05) is 0 Å². The number of esters is 1. The Kier molecular flexibility index (Phi) is 10.0. The highest BCUT2D eigenvalue weighted by atomic mass is 35.5. The van der Waals surface area contributed by atoms with Crippen LogP contribution in [0.25, 0.3) is 0 Å². The highest BCUT2D eigenvalue weighted by Crippen LogP contribution is 2.17. The number of ether oxygens (including phenoxy) is 2. The van der Waals surface area contributed by atoms with Crippen LogP contribution in [0.1, 0.15) is 46.0 Å². The van der Waals surface area contributed by atoms with Crippen LogP contribution in [0.15, 0.2) is 77.9 Å². The number of unbranched alkanes of at least 4 members (excludes halogenated alkanes) is 1. The first kappa shape index (κ1) is 26.4. The number of hydrogen-bond donors (Lipinski definition) is 2. The highest BCUT2D eigenvalue weighted by molar-refractivity contribution is 6.30. The molecule has 0 unspecified atom stereocenters. The van der Waals surface area contributed by atoms with Crippen LogP contribution in [0.3, 0.4) is 0 Å². The number of hydrazone groups is 1. The van der Waals surface area contributed by atoms with Gasteiger partial charge in [-0.05, 0) is 84.8 Å². The number of carbonyl (C=O) groups is 3. The van der Waals surface area contributed by atoms with E-state index < -0.39 is 17.8 Å². The van der Waals surface area contributed by atoms with Gasteiger partial charge in [0.2, 0.25) is 0 Å². The molecule has 0 bridgehead atoms. The van der Waals surface area contributed by atoms with Gasteiger partial charge >= 0.3 is 5.97 Å². The summed E-state index contributed by atoms with van der Waals surface area (Å²) in [6.45, 7) is 2.49. The molecule has 0 aliphatic carbocycles. The van der Waals surface area contributed by atoms with E-state index in [2.05, 4.69) is 22.8 Å². The molecule has 186 valence electrons. The van der Waals surface area contributed by atoms with E-state index in [9.17, 15) is 14.4 Å². The van der Waals surface area contributed by atoms with Crippen molar-refractivity contribution in [3.63, 3.8) is 0 Å². The number of hydrogen-bond acceptors (Lipinski definition) is 6. The zero-order valence-electron chi connectivity index (χ0n) is 19.7. The van der Waals surface area contributed by atoms with Gasteiger partial charge in [-0.1, -0.05) is 24.9 Å².